The van der Waals surface area contributed by atoms with Gasteiger partial charge in [-0.25, -0.2) is 4.79 Å². The maximum Gasteiger partial charge on any atom is 0.410 e. The third-order valence-corrected chi connectivity index (χ3v) is 8.94. The van der Waals surface area contributed by atoms with Crippen molar-refractivity contribution in [3.05, 3.63) is 65.7 Å². The quantitative estimate of drug-likeness (QED) is 0.504. The number of benzene rings is 2. The lowest BCUT2D eigenvalue weighted by molar-refractivity contribution is -0.154. The van der Waals surface area contributed by atoms with Gasteiger partial charge in [-0.15, -0.1) is 0 Å². The summed E-state index contributed by atoms with van der Waals surface area (Å²) in [5, 5.41) is 0. The first-order chi connectivity index (χ1) is 17.5. The van der Waals surface area contributed by atoms with Crippen LogP contribution >= 0.6 is 0 Å². The Bertz CT molecular complexity index is 1040. The molecule has 2 aromatic carbocycles. The molecule has 0 spiro atoms. The molecule has 1 heterocycles. The number of hydrogen-bond acceptors (Lipinski definition) is 5. The molecule has 6 nitrogen and oxygen atoms in total. The van der Waals surface area contributed by atoms with Gasteiger partial charge in [0.25, 0.3) is 0 Å². The van der Waals surface area contributed by atoms with Gasteiger partial charge in [-0.2, -0.15) is 0 Å². The van der Waals surface area contributed by atoms with Crippen LogP contribution in [0.25, 0.3) is 0 Å². The average molecular weight is 493 g/mol. The van der Waals surface area contributed by atoms with Crippen LogP contribution in [-0.2, 0) is 21.5 Å². The molecule has 0 aromatic heterocycles. The van der Waals surface area contributed by atoms with Crippen LogP contribution in [0.15, 0.2) is 54.6 Å². The van der Waals surface area contributed by atoms with Crippen molar-refractivity contribution in [1.82, 2.24) is 9.80 Å². The molecule has 3 fully saturated rings. The molecule has 5 rings (SSSR count). The topological polar surface area (TPSA) is 51.2 Å². The van der Waals surface area contributed by atoms with E-state index in [1.807, 2.05) is 55.5 Å². The van der Waals surface area contributed by atoms with Gasteiger partial charge in [-0.1, -0.05) is 42.5 Å². The third-order valence-electron chi connectivity index (χ3n) is 8.94. The van der Waals surface area contributed by atoms with Crippen molar-refractivity contribution in [3.63, 3.8) is 0 Å². The summed E-state index contributed by atoms with van der Waals surface area (Å²) in [4.78, 5) is 17.5. The predicted octanol–water partition coefficient (Wildman–Crippen LogP) is 5.26. The Kier molecular flexibility index (Phi) is 7.27. The van der Waals surface area contributed by atoms with Crippen LogP contribution in [0.5, 0.6) is 5.75 Å². The molecule has 1 amide bonds. The Labute approximate surface area is 215 Å². The summed E-state index contributed by atoms with van der Waals surface area (Å²) in [5.41, 5.74) is 1.76. The van der Waals surface area contributed by atoms with Gasteiger partial charge in [0, 0.05) is 38.7 Å². The Morgan fingerprint density at radius 2 is 1.86 bits per heavy atom. The molecule has 6 heteroatoms. The molecule has 3 atom stereocenters. The minimum atomic E-state index is -0.294. The second-order valence-corrected chi connectivity index (χ2v) is 11.0. The van der Waals surface area contributed by atoms with Crippen LogP contribution in [0, 0.1) is 5.92 Å². The zero-order chi connectivity index (χ0) is 25.2. The molecule has 1 aliphatic heterocycles. The van der Waals surface area contributed by atoms with E-state index in [2.05, 4.69) is 23.1 Å². The second-order valence-electron chi connectivity index (χ2n) is 11.0. The van der Waals surface area contributed by atoms with Crippen molar-refractivity contribution in [2.45, 2.75) is 62.2 Å². The number of piperidine rings is 1. The van der Waals surface area contributed by atoms with Crippen LogP contribution in [-0.4, -0.2) is 68.4 Å². The Hall–Kier alpha value is -2.57. The van der Waals surface area contributed by atoms with Gasteiger partial charge in [-0.05, 0) is 74.2 Å². The van der Waals surface area contributed by atoms with Crippen molar-refractivity contribution in [2.24, 2.45) is 5.92 Å². The zero-order valence-corrected chi connectivity index (χ0v) is 21.9. The van der Waals surface area contributed by atoms with Gasteiger partial charge in [0.1, 0.15) is 12.4 Å². The molecule has 0 unspecified atom stereocenters. The summed E-state index contributed by atoms with van der Waals surface area (Å²) in [6.07, 6.45) is 6.11. The van der Waals surface area contributed by atoms with Gasteiger partial charge in [0.2, 0.25) is 0 Å². The summed E-state index contributed by atoms with van der Waals surface area (Å²) in [5.74, 6) is 1.72. The first kappa shape index (κ1) is 25.1. The lowest BCUT2D eigenvalue weighted by atomic mass is 9.55. The number of methoxy groups -OCH3 is 2. The van der Waals surface area contributed by atoms with Crippen molar-refractivity contribution in [2.75, 3.05) is 40.9 Å². The van der Waals surface area contributed by atoms with E-state index in [0.29, 0.717) is 0 Å². The Balaban J connectivity index is 1.39. The molecule has 0 radical (unpaired) electrons. The number of likely N-dealkylation sites (tertiary alicyclic amines) is 1. The van der Waals surface area contributed by atoms with E-state index in [1.54, 1.807) is 7.11 Å². The maximum absolute atomic E-state index is 13.1. The van der Waals surface area contributed by atoms with Gasteiger partial charge < -0.3 is 24.0 Å². The van der Waals surface area contributed by atoms with E-state index in [1.165, 1.54) is 24.9 Å². The SMILES string of the molecule is COc1cccc([C@@]23CCN(CC4CC4)C[C@@]2(OC)CC[C@H](N(C)C(=O)OCc2ccccc2)C3)c1. The summed E-state index contributed by atoms with van der Waals surface area (Å²) in [6.45, 7) is 3.45. The van der Waals surface area contributed by atoms with Crippen molar-refractivity contribution < 1.29 is 19.0 Å². The lowest BCUT2D eigenvalue weighted by Gasteiger charge is -2.60. The Morgan fingerprint density at radius 1 is 1.06 bits per heavy atom. The number of ether oxygens (including phenoxy) is 3. The second kappa shape index (κ2) is 10.4. The average Bonchev–Trinajstić information content (AvgIpc) is 3.75. The summed E-state index contributed by atoms with van der Waals surface area (Å²) < 4.78 is 17.8. The first-order valence-electron chi connectivity index (χ1n) is 13.3. The fraction of sp³-hybridized carbons (Fsp3) is 0.567. The normalized spacial score (nSPS) is 28.2. The molecule has 2 aliphatic carbocycles. The number of nitrogens with zero attached hydrogens (tertiary/aromatic N) is 2. The molecular weight excluding hydrogens is 452 g/mol. The third kappa shape index (κ3) is 4.85. The standard InChI is InChI=1S/C30H40N2O4/c1-31(28(33)36-21-24-8-5-4-6-9-24)26-14-15-30(35-3)22-32(20-23-12-13-23)17-16-29(30,19-26)25-10-7-11-27(18-25)34-2/h4-11,18,23,26H,12-17,19-22H2,1-3H3/t26-,29-,30-/m0/s1. The van der Waals surface area contributed by atoms with E-state index in [9.17, 15) is 4.79 Å². The predicted molar refractivity (Wildman–Crippen MR) is 140 cm³/mol. The van der Waals surface area contributed by atoms with Gasteiger partial charge >= 0.3 is 6.09 Å². The number of fused-ring (bicyclic) bond motifs is 1. The maximum atomic E-state index is 13.1. The molecule has 2 saturated carbocycles. The number of rotatable bonds is 8. The summed E-state index contributed by atoms with van der Waals surface area (Å²) >= 11 is 0. The van der Waals surface area contributed by atoms with Crippen molar-refractivity contribution in [3.8, 4) is 5.75 Å². The van der Waals surface area contributed by atoms with Crippen molar-refractivity contribution in [1.29, 1.82) is 0 Å². The molecule has 3 aliphatic rings. The van der Waals surface area contributed by atoms with E-state index < -0.39 is 0 Å². The molecule has 2 aromatic rings. The van der Waals surface area contributed by atoms with E-state index in [4.69, 9.17) is 14.2 Å². The fourth-order valence-corrected chi connectivity index (χ4v) is 6.61. The zero-order valence-electron chi connectivity index (χ0n) is 21.9. The van der Waals surface area contributed by atoms with Crippen molar-refractivity contribution >= 4 is 6.09 Å². The van der Waals surface area contributed by atoms with Gasteiger partial charge in [0.05, 0.1) is 12.7 Å². The fourth-order valence-electron chi connectivity index (χ4n) is 6.61. The Morgan fingerprint density at radius 3 is 2.58 bits per heavy atom. The summed E-state index contributed by atoms with van der Waals surface area (Å²) in [6, 6.07) is 18.4. The van der Waals surface area contributed by atoms with Gasteiger partial charge in [0.15, 0.2) is 0 Å². The first-order valence-corrected chi connectivity index (χ1v) is 13.3. The number of hydrogen-bond donors (Lipinski definition) is 0. The molecule has 0 bridgehead atoms. The largest absolute Gasteiger partial charge is 0.497 e. The number of carbonyl (C=O) groups is 1. The molecule has 1 saturated heterocycles. The monoisotopic (exact) mass is 492 g/mol. The van der Waals surface area contributed by atoms with E-state index in [0.717, 1.165) is 56.0 Å². The number of amides is 1. The molecule has 0 N–H and O–H groups in total. The minimum Gasteiger partial charge on any atom is -0.497 e. The van der Waals surface area contributed by atoms with Crippen LogP contribution < -0.4 is 4.74 Å². The van der Waals surface area contributed by atoms with Crippen LogP contribution in [0.4, 0.5) is 4.79 Å². The van der Waals surface area contributed by atoms with E-state index >= 15 is 0 Å². The van der Waals surface area contributed by atoms with Gasteiger partial charge in [-0.3, -0.25) is 0 Å². The van der Waals surface area contributed by atoms with Crippen LogP contribution in [0.2, 0.25) is 0 Å². The minimum absolute atomic E-state index is 0.0812. The highest BCUT2D eigenvalue weighted by Gasteiger charge is 2.59. The molecule has 36 heavy (non-hydrogen) atoms. The lowest BCUT2D eigenvalue weighted by Crippen LogP contribution is -2.68. The van der Waals surface area contributed by atoms with Crippen LogP contribution in [0.1, 0.15) is 49.7 Å². The van der Waals surface area contributed by atoms with E-state index in [-0.39, 0.29) is 29.8 Å². The highest BCUT2D eigenvalue weighted by atomic mass is 16.6. The molecule has 194 valence electrons. The molecular formula is C30H40N2O4. The van der Waals surface area contributed by atoms with Crippen LogP contribution in [0.3, 0.4) is 0 Å². The smallest absolute Gasteiger partial charge is 0.410 e. The highest BCUT2D eigenvalue weighted by molar-refractivity contribution is 5.67. The summed E-state index contributed by atoms with van der Waals surface area (Å²) in [7, 11) is 5.49. The highest BCUT2D eigenvalue weighted by Crippen LogP contribution is 2.54. The number of carbonyl (C=O) groups excluding carboxylic acids is 1.